The third-order valence-electron chi connectivity index (χ3n) is 15.2. The van der Waals surface area contributed by atoms with Gasteiger partial charge in [0.25, 0.3) is 0 Å². The number of amides is 1. The number of hydrogen-bond donors (Lipinski definition) is 3. The maximum absolute atomic E-state index is 12.5. The standard InChI is InChI=1S/C63H125NO5/c1-3-5-7-9-11-13-15-17-29-33-37-41-45-49-53-57-63(68)69-58-54-50-46-42-38-34-31-28-26-24-22-20-18-19-21-23-25-27-30-32-36-40-44-48-52-56-62(67)64-60(59-65)61(66)55-51-47-43-39-35-16-14-12-10-8-6-4-2/h60-61,65-66H,3-59H2,1-2H3,(H,64,67). The summed E-state index contributed by atoms with van der Waals surface area (Å²) in [7, 11) is 0. The predicted molar refractivity (Wildman–Crippen MR) is 301 cm³/mol. The number of hydrogen-bond acceptors (Lipinski definition) is 5. The van der Waals surface area contributed by atoms with Gasteiger partial charge in [0.05, 0.1) is 25.4 Å². The first-order valence-electron chi connectivity index (χ1n) is 31.8. The average Bonchev–Trinajstić information content (AvgIpc) is 3.35. The van der Waals surface area contributed by atoms with Crippen LogP contribution in [0.4, 0.5) is 0 Å². The molecular weight excluding hydrogens is 851 g/mol. The van der Waals surface area contributed by atoms with Crippen molar-refractivity contribution < 1.29 is 24.5 Å². The van der Waals surface area contributed by atoms with E-state index < -0.39 is 12.1 Å². The fourth-order valence-corrected chi connectivity index (χ4v) is 10.3. The number of carbonyl (C=O) groups is 2. The van der Waals surface area contributed by atoms with Crippen LogP contribution < -0.4 is 5.32 Å². The molecule has 6 nitrogen and oxygen atoms in total. The van der Waals surface area contributed by atoms with Crippen molar-refractivity contribution in [3.63, 3.8) is 0 Å². The molecule has 0 aromatic rings. The van der Waals surface area contributed by atoms with Crippen LogP contribution >= 0.6 is 0 Å². The van der Waals surface area contributed by atoms with Gasteiger partial charge in [-0.1, -0.05) is 328 Å². The van der Waals surface area contributed by atoms with Crippen LogP contribution in [0.5, 0.6) is 0 Å². The average molecular weight is 977 g/mol. The Bertz CT molecular complexity index is 990. The first-order chi connectivity index (χ1) is 34.0. The molecule has 2 unspecified atom stereocenters. The summed E-state index contributed by atoms with van der Waals surface area (Å²) in [4.78, 5) is 24.5. The summed E-state index contributed by atoms with van der Waals surface area (Å²) < 4.78 is 5.49. The molecule has 3 N–H and O–H groups in total. The highest BCUT2D eigenvalue weighted by atomic mass is 16.5. The monoisotopic (exact) mass is 976 g/mol. The Balaban J connectivity index is 3.32. The van der Waals surface area contributed by atoms with Crippen molar-refractivity contribution in [1.82, 2.24) is 5.32 Å². The number of carbonyl (C=O) groups excluding carboxylic acids is 2. The number of esters is 1. The summed E-state index contributed by atoms with van der Waals surface area (Å²) >= 11 is 0. The van der Waals surface area contributed by atoms with Gasteiger partial charge in [-0.25, -0.2) is 0 Å². The Morgan fingerprint density at radius 2 is 0.594 bits per heavy atom. The topological polar surface area (TPSA) is 95.9 Å². The minimum Gasteiger partial charge on any atom is -0.466 e. The largest absolute Gasteiger partial charge is 0.466 e. The second-order valence-electron chi connectivity index (χ2n) is 22.1. The lowest BCUT2D eigenvalue weighted by atomic mass is 10.0. The molecule has 412 valence electrons. The van der Waals surface area contributed by atoms with Crippen molar-refractivity contribution in [3.8, 4) is 0 Å². The highest BCUT2D eigenvalue weighted by molar-refractivity contribution is 5.76. The van der Waals surface area contributed by atoms with Crippen LogP contribution in [0.2, 0.25) is 0 Å². The molecule has 0 spiro atoms. The molecule has 0 aliphatic carbocycles. The summed E-state index contributed by atoms with van der Waals surface area (Å²) in [6.45, 7) is 4.98. The molecule has 0 aliphatic rings. The summed E-state index contributed by atoms with van der Waals surface area (Å²) in [5.74, 6) is -0.0112. The summed E-state index contributed by atoms with van der Waals surface area (Å²) in [6.07, 6.45) is 69.8. The lowest BCUT2D eigenvalue weighted by Gasteiger charge is -2.22. The third kappa shape index (κ3) is 56.0. The molecule has 0 aromatic carbocycles. The number of aliphatic hydroxyl groups excluding tert-OH is 2. The van der Waals surface area contributed by atoms with Gasteiger partial charge in [-0.15, -0.1) is 0 Å². The van der Waals surface area contributed by atoms with Crippen molar-refractivity contribution in [2.75, 3.05) is 13.2 Å². The van der Waals surface area contributed by atoms with Gasteiger partial charge in [0.15, 0.2) is 0 Å². The molecule has 0 aliphatic heterocycles. The van der Waals surface area contributed by atoms with Crippen LogP contribution in [0.15, 0.2) is 0 Å². The van der Waals surface area contributed by atoms with Crippen LogP contribution in [-0.4, -0.2) is 47.4 Å². The maximum Gasteiger partial charge on any atom is 0.305 e. The van der Waals surface area contributed by atoms with Crippen LogP contribution in [0.3, 0.4) is 0 Å². The zero-order valence-corrected chi connectivity index (χ0v) is 47.1. The molecule has 6 heteroatoms. The van der Waals surface area contributed by atoms with E-state index in [-0.39, 0.29) is 18.5 Å². The molecule has 0 fully saturated rings. The zero-order chi connectivity index (χ0) is 50.0. The van der Waals surface area contributed by atoms with Crippen LogP contribution in [0, 0.1) is 0 Å². The van der Waals surface area contributed by atoms with Gasteiger partial charge in [-0.2, -0.15) is 0 Å². The van der Waals surface area contributed by atoms with E-state index in [0.29, 0.717) is 25.9 Å². The van der Waals surface area contributed by atoms with Crippen LogP contribution in [0.25, 0.3) is 0 Å². The van der Waals surface area contributed by atoms with Crippen molar-refractivity contribution in [3.05, 3.63) is 0 Å². The van der Waals surface area contributed by atoms with Crippen molar-refractivity contribution in [2.45, 2.75) is 379 Å². The molecule has 0 heterocycles. The SMILES string of the molecule is CCCCCCCCCCCCCCCCCC(=O)OCCCCCCCCCCCCCCCCCCCCCCCCCCCC(=O)NC(CO)C(O)CCCCCCCCCCCCCC. The fourth-order valence-electron chi connectivity index (χ4n) is 10.3. The molecule has 0 aromatic heterocycles. The summed E-state index contributed by atoms with van der Waals surface area (Å²) in [5.41, 5.74) is 0. The van der Waals surface area contributed by atoms with E-state index in [1.54, 1.807) is 0 Å². The second kappa shape index (κ2) is 59.4. The lowest BCUT2D eigenvalue weighted by molar-refractivity contribution is -0.143. The molecule has 0 radical (unpaired) electrons. The molecule has 2 atom stereocenters. The zero-order valence-electron chi connectivity index (χ0n) is 47.1. The van der Waals surface area contributed by atoms with Crippen molar-refractivity contribution in [2.24, 2.45) is 0 Å². The van der Waals surface area contributed by atoms with E-state index in [4.69, 9.17) is 4.74 Å². The summed E-state index contributed by atoms with van der Waals surface area (Å²) in [6, 6.07) is -0.538. The Labute approximate surface area is 432 Å². The quantitative estimate of drug-likeness (QED) is 0.0417. The van der Waals surface area contributed by atoms with Gasteiger partial charge >= 0.3 is 5.97 Å². The van der Waals surface area contributed by atoms with E-state index >= 15 is 0 Å². The minimum atomic E-state index is -0.660. The second-order valence-corrected chi connectivity index (χ2v) is 22.1. The fraction of sp³-hybridized carbons (Fsp3) is 0.968. The molecule has 0 saturated carbocycles. The molecule has 0 bridgehead atoms. The normalized spacial score (nSPS) is 12.5. The third-order valence-corrected chi connectivity index (χ3v) is 15.2. The number of ether oxygens (including phenoxy) is 1. The summed E-state index contributed by atoms with van der Waals surface area (Å²) in [5, 5.41) is 23.2. The van der Waals surface area contributed by atoms with Gasteiger partial charge in [0.2, 0.25) is 5.91 Å². The van der Waals surface area contributed by atoms with Crippen LogP contribution in [-0.2, 0) is 14.3 Å². The van der Waals surface area contributed by atoms with Gasteiger partial charge in [-0.05, 0) is 25.7 Å². The lowest BCUT2D eigenvalue weighted by Crippen LogP contribution is -2.45. The van der Waals surface area contributed by atoms with Gasteiger partial charge in [0.1, 0.15) is 0 Å². The molecular formula is C63H125NO5. The van der Waals surface area contributed by atoms with E-state index in [0.717, 1.165) is 38.5 Å². The number of nitrogens with one attached hydrogen (secondary N) is 1. The smallest absolute Gasteiger partial charge is 0.305 e. The Morgan fingerprint density at radius 1 is 0.348 bits per heavy atom. The minimum absolute atomic E-state index is 0.0202. The highest BCUT2D eigenvalue weighted by Gasteiger charge is 2.20. The first kappa shape index (κ1) is 67.9. The molecule has 1 amide bonds. The number of rotatable bonds is 60. The Kier molecular flexibility index (Phi) is 58.4. The number of aliphatic hydroxyl groups is 2. The van der Waals surface area contributed by atoms with Gasteiger partial charge in [0, 0.05) is 12.8 Å². The Morgan fingerprint density at radius 3 is 0.884 bits per heavy atom. The maximum atomic E-state index is 12.5. The van der Waals surface area contributed by atoms with E-state index in [2.05, 4.69) is 19.2 Å². The Hall–Kier alpha value is -1.14. The predicted octanol–water partition coefficient (Wildman–Crippen LogP) is 19.9. The van der Waals surface area contributed by atoms with Gasteiger partial charge < -0.3 is 20.3 Å². The first-order valence-corrected chi connectivity index (χ1v) is 31.8. The molecule has 0 saturated heterocycles. The molecule has 69 heavy (non-hydrogen) atoms. The van der Waals surface area contributed by atoms with E-state index in [1.807, 2.05) is 0 Å². The molecule has 0 rings (SSSR count). The van der Waals surface area contributed by atoms with E-state index in [9.17, 15) is 19.8 Å². The van der Waals surface area contributed by atoms with Crippen LogP contribution in [0.1, 0.15) is 367 Å². The highest BCUT2D eigenvalue weighted by Crippen LogP contribution is 2.19. The van der Waals surface area contributed by atoms with E-state index in [1.165, 1.54) is 295 Å². The van der Waals surface area contributed by atoms with Crippen molar-refractivity contribution >= 4 is 11.9 Å². The number of unbranched alkanes of at least 4 members (excludes halogenated alkanes) is 49. The van der Waals surface area contributed by atoms with Crippen molar-refractivity contribution in [1.29, 1.82) is 0 Å². The van der Waals surface area contributed by atoms with Gasteiger partial charge in [-0.3, -0.25) is 9.59 Å².